The van der Waals surface area contributed by atoms with E-state index in [0.29, 0.717) is 0 Å². The highest BCUT2D eigenvalue weighted by atomic mass is 16.2. The Morgan fingerprint density at radius 1 is 1.26 bits per heavy atom. The third-order valence-electron chi connectivity index (χ3n) is 3.70. The standard InChI is InChI=1S/C15H20N2O2/c1-9(2)14-15(19)16-8-13(18)17(14)12-7-5-6-10(3)11(12)4/h5-7,9,14H,8H2,1-4H3,(H,16,19). The van der Waals surface area contributed by atoms with Crippen LogP contribution < -0.4 is 10.2 Å². The minimum absolute atomic E-state index is 0.0491. The van der Waals surface area contributed by atoms with Crippen molar-refractivity contribution in [2.24, 2.45) is 5.92 Å². The molecule has 2 rings (SSSR count). The van der Waals surface area contributed by atoms with Gasteiger partial charge >= 0.3 is 0 Å². The number of carbonyl (C=O) groups excluding carboxylic acids is 2. The monoisotopic (exact) mass is 260 g/mol. The average Bonchev–Trinajstić information content (AvgIpc) is 2.35. The van der Waals surface area contributed by atoms with Gasteiger partial charge in [0.15, 0.2) is 0 Å². The molecule has 1 unspecified atom stereocenters. The van der Waals surface area contributed by atoms with Crippen molar-refractivity contribution in [2.75, 3.05) is 11.4 Å². The van der Waals surface area contributed by atoms with Gasteiger partial charge in [-0.15, -0.1) is 0 Å². The zero-order valence-electron chi connectivity index (χ0n) is 11.9. The van der Waals surface area contributed by atoms with E-state index in [-0.39, 0.29) is 24.3 Å². The van der Waals surface area contributed by atoms with Crippen LogP contribution in [0.15, 0.2) is 18.2 Å². The Bertz CT molecular complexity index is 523. The molecule has 1 aromatic carbocycles. The summed E-state index contributed by atoms with van der Waals surface area (Å²) < 4.78 is 0. The molecular weight excluding hydrogens is 240 g/mol. The molecule has 1 N–H and O–H groups in total. The summed E-state index contributed by atoms with van der Waals surface area (Å²) in [7, 11) is 0. The minimum atomic E-state index is -0.429. The lowest BCUT2D eigenvalue weighted by molar-refractivity contribution is -0.131. The molecule has 2 amide bonds. The molecule has 0 bridgehead atoms. The van der Waals surface area contributed by atoms with Gasteiger partial charge in [0.2, 0.25) is 11.8 Å². The lowest BCUT2D eigenvalue weighted by Gasteiger charge is -2.38. The second-order valence-corrected chi connectivity index (χ2v) is 5.39. The molecule has 0 radical (unpaired) electrons. The molecule has 0 saturated carbocycles. The number of nitrogens with one attached hydrogen (secondary N) is 1. The zero-order valence-corrected chi connectivity index (χ0v) is 11.9. The van der Waals surface area contributed by atoms with Crippen LogP contribution >= 0.6 is 0 Å². The lowest BCUT2D eigenvalue weighted by Crippen LogP contribution is -2.60. The van der Waals surface area contributed by atoms with Crippen LogP contribution in [0, 0.1) is 19.8 Å². The highest BCUT2D eigenvalue weighted by molar-refractivity contribution is 6.07. The third kappa shape index (κ3) is 2.35. The number of rotatable bonds is 2. The molecule has 1 aromatic rings. The van der Waals surface area contributed by atoms with Crippen LogP contribution in [-0.2, 0) is 9.59 Å². The summed E-state index contributed by atoms with van der Waals surface area (Å²) in [5.41, 5.74) is 3.02. The number of piperazine rings is 1. The maximum Gasteiger partial charge on any atom is 0.247 e. The number of benzene rings is 1. The summed E-state index contributed by atoms with van der Waals surface area (Å²) in [5, 5.41) is 2.67. The number of hydrogen-bond donors (Lipinski definition) is 1. The van der Waals surface area contributed by atoms with Crippen LogP contribution in [0.3, 0.4) is 0 Å². The fourth-order valence-electron chi connectivity index (χ4n) is 2.51. The van der Waals surface area contributed by atoms with Gasteiger partial charge in [-0.05, 0) is 37.0 Å². The van der Waals surface area contributed by atoms with Gasteiger partial charge in [0.25, 0.3) is 0 Å². The van der Waals surface area contributed by atoms with E-state index >= 15 is 0 Å². The van der Waals surface area contributed by atoms with E-state index in [1.165, 1.54) is 0 Å². The van der Waals surface area contributed by atoms with Crippen LogP contribution in [0.5, 0.6) is 0 Å². The molecule has 0 aromatic heterocycles. The second kappa shape index (κ2) is 5.03. The first kappa shape index (κ1) is 13.6. The number of carbonyl (C=O) groups is 2. The topological polar surface area (TPSA) is 49.4 Å². The Morgan fingerprint density at radius 3 is 2.58 bits per heavy atom. The summed E-state index contributed by atoms with van der Waals surface area (Å²) in [4.78, 5) is 25.9. The van der Waals surface area contributed by atoms with E-state index in [1.54, 1.807) is 4.90 Å². The van der Waals surface area contributed by atoms with E-state index in [2.05, 4.69) is 5.32 Å². The van der Waals surface area contributed by atoms with E-state index < -0.39 is 6.04 Å². The first-order valence-corrected chi connectivity index (χ1v) is 6.59. The number of amides is 2. The van der Waals surface area contributed by atoms with Gasteiger partial charge < -0.3 is 5.32 Å². The van der Waals surface area contributed by atoms with Crippen LogP contribution in [0.4, 0.5) is 5.69 Å². The Kier molecular flexibility index (Phi) is 3.60. The predicted octanol–water partition coefficient (Wildman–Crippen LogP) is 1.79. The van der Waals surface area contributed by atoms with Crippen molar-refractivity contribution in [3.05, 3.63) is 29.3 Å². The normalized spacial score (nSPS) is 19.8. The third-order valence-corrected chi connectivity index (χ3v) is 3.70. The van der Waals surface area contributed by atoms with Crippen LogP contribution in [0.1, 0.15) is 25.0 Å². The maximum atomic E-state index is 12.2. The molecule has 1 saturated heterocycles. The van der Waals surface area contributed by atoms with Gasteiger partial charge in [-0.25, -0.2) is 0 Å². The van der Waals surface area contributed by atoms with Gasteiger partial charge in [0, 0.05) is 5.69 Å². The molecule has 0 aliphatic carbocycles. The molecule has 1 aliphatic heterocycles. The van der Waals surface area contributed by atoms with Gasteiger partial charge in [-0.3, -0.25) is 14.5 Å². The average molecular weight is 260 g/mol. The fraction of sp³-hybridized carbons (Fsp3) is 0.467. The van der Waals surface area contributed by atoms with Crippen molar-refractivity contribution in [3.8, 4) is 0 Å². The van der Waals surface area contributed by atoms with Gasteiger partial charge in [0.05, 0.1) is 6.54 Å². The number of aryl methyl sites for hydroxylation is 1. The summed E-state index contributed by atoms with van der Waals surface area (Å²) in [6, 6.07) is 5.42. The van der Waals surface area contributed by atoms with Crippen molar-refractivity contribution < 1.29 is 9.59 Å². The molecular formula is C15H20N2O2. The van der Waals surface area contributed by atoms with Gasteiger partial charge in [-0.1, -0.05) is 26.0 Å². The van der Waals surface area contributed by atoms with Crippen molar-refractivity contribution in [1.29, 1.82) is 0 Å². The predicted molar refractivity (Wildman–Crippen MR) is 75.0 cm³/mol. The van der Waals surface area contributed by atoms with Crippen molar-refractivity contribution >= 4 is 17.5 Å². The Labute approximate surface area is 113 Å². The Hall–Kier alpha value is -1.84. The smallest absolute Gasteiger partial charge is 0.247 e. The molecule has 1 heterocycles. The van der Waals surface area contributed by atoms with Gasteiger partial charge in [0.1, 0.15) is 6.04 Å². The first-order valence-electron chi connectivity index (χ1n) is 6.59. The molecule has 1 aliphatic rings. The van der Waals surface area contributed by atoms with E-state index in [1.807, 2.05) is 45.9 Å². The maximum absolute atomic E-state index is 12.2. The SMILES string of the molecule is Cc1cccc(N2C(=O)CNC(=O)C2C(C)C)c1C. The number of hydrogen-bond acceptors (Lipinski definition) is 2. The molecule has 102 valence electrons. The molecule has 0 spiro atoms. The highest BCUT2D eigenvalue weighted by Crippen LogP contribution is 2.28. The highest BCUT2D eigenvalue weighted by Gasteiger charge is 2.38. The van der Waals surface area contributed by atoms with E-state index in [9.17, 15) is 9.59 Å². The quantitative estimate of drug-likeness (QED) is 0.881. The lowest BCUT2D eigenvalue weighted by atomic mass is 9.97. The van der Waals surface area contributed by atoms with E-state index in [0.717, 1.165) is 16.8 Å². The largest absolute Gasteiger partial charge is 0.345 e. The summed E-state index contributed by atoms with van der Waals surface area (Å²) >= 11 is 0. The number of anilines is 1. The number of nitrogens with zero attached hydrogens (tertiary/aromatic N) is 1. The van der Waals surface area contributed by atoms with Crippen molar-refractivity contribution in [2.45, 2.75) is 33.7 Å². The molecule has 4 nitrogen and oxygen atoms in total. The zero-order chi connectivity index (χ0) is 14.2. The van der Waals surface area contributed by atoms with Crippen LogP contribution in [-0.4, -0.2) is 24.4 Å². The van der Waals surface area contributed by atoms with Crippen LogP contribution in [0.25, 0.3) is 0 Å². The van der Waals surface area contributed by atoms with Crippen molar-refractivity contribution in [3.63, 3.8) is 0 Å². The second-order valence-electron chi connectivity index (χ2n) is 5.39. The molecule has 19 heavy (non-hydrogen) atoms. The van der Waals surface area contributed by atoms with Crippen molar-refractivity contribution in [1.82, 2.24) is 5.32 Å². The first-order chi connectivity index (χ1) is 8.93. The summed E-state index contributed by atoms with van der Waals surface area (Å²) in [6.45, 7) is 8.00. The molecule has 1 atom stereocenters. The summed E-state index contributed by atoms with van der Waals surface area (Å²) in [5.74, 6) is -0.0494. The minimum Gasteiger partial charge on any atom is -0.345 e. The Morgan fingerprint density at radius 2 is 1.95 bits per heavy atom. The summed E-state index contributed by atoms with van der Waals surface area (Å²) in [6.07, 6.45) is 0. The van der Waals surface area contributed by atoms with Gasteiger partial charge in [-0.2, -0.15) is 0 Å². The molecule has 4 heteroatoms. The van der Waals surface area contributed by atoms with Crippen LogP contribution in [0.2, 0.25) is 0 Å². The Balaban J connectivity index is 2.51. The molecule has 1 fully saturated rings. The fourth-order valence-corrected chi connectivity index (χ4v) is 2.51. The van der Waals surface area contributed by atoms with E-state index in [4.69, 9.17) is 0 Å².